The molecule has 0 bridgehead atoms. The van der Waals surface area contributed by atoms with Gasteiger partial charge in [0.25, 0.3) is 0 Å². The van der Waals surface area contributed by atoms with E-state index in [2.05, 4.69) is 24.8 Å². The van der Waals surface area contributed by atoms with Gasteiger partial charge in [0.15, 0.2) is 0 Å². The first-order valence-electron chi connectivity index (χ1n) is 6.77. The minimum Gasteiger partial charge on any atom is -0.384 e. The van der Waals surface area contributed by atoms with Crippen molar-refractivity contribution in [2.24, 2.45) is 5.73 Å². The first-order valence-corrected chi connectivity index (χ1v) is 6.77. The normalized spacial score (nSPS) is 25.0. The fourth-order valence-corrected chi connectivity index (χ4v) is 2.90. The third-order valence-electron chi connectivity index (χ3n) is 4.04. The zero-order chi connectivity index (χ0) is 13.1. The van der Waals surface area contributed by atoms with Gasteiger partial charge in [0.2, 0.25) is 0 Å². The number of amidine groups is 1. The molecule has 3 N–H and O–H groups in total. The number of nitrogens with zero attached hydrogens (tertiary/aromatic N) is 1. The average Bonchev–Trinajstić information content (AvgIpc) is 2.34. The van der Waals surface area contributed by atoms with E-state index in [1.807, 2.05) is 18.2 Å². The second kappa shape index (κ2) is 5.53. The van der Waals surface area contributed by atoms with Crippen LogP contribution in [0.25, 0.3) is 0 Å². The molecule has 1 fully saturated rings. The predicted octanol–water partition coefficient (Wildman–Crippen LogP) is 2.73. The summed E-state index contributed by atoms with van der Waals surface area (Å²) in [6, 6.07) is 9.24. The third kappa shape index (κ3) is 2.72. The second-order valence-corrected chi connectivity index (χ2v) is 5.37. The summed E-state index contributed by atoms with van der Waals surface area (Å²) in [4.78, 5) is 2.53. The van der Waals surface area contributed by atoms with Crippen molar-refractivity contribution >= 4 is 5.84 Å². The van der Waals surface area contributed by atoms with Gasteiger partial charge in [0.05, 0.1) is 0 Å². The molecule has 1 aromatic carbocycles. The monoisotopic (exact) mass is 245 g/mol. The molecule has 0 amide bonds. The largest absolute Gasteiger partial charge is 0.384 e. The van der Waals surface area contributed by atoms with Crippen LogP contribution in [0.15, 0.2) is 24.3 Å². The molecule has 3 heteroatoms. The van der Waals surface area contributed by atoms with Gasteiger partial charge in [-0.05, 0) is 32.3 Å². The smallest absolute Gasteiger partial charge is 0.123 e. The maximum absolute atomic E-state index is 7.65. The molecule has 2 unspecified atom stereocenters. The van der Waals surface area contributed by atoms with Crippen molar-refractivity contribution in [1.82, 2.24) is 4.90 Å². The Morgan fingerprint density at radius 3 is 2.50 bits per heavy atom. The van der Waals surface area contributed by atoms with Crippen molar-refractivity contribution in [2.45, 2.75) is 51.7 Å². The highest BCUT2D eigenvalue weighted by Crippen LogP contribution is 2.25. The molecule has 1 aromatic rings. The van der Waals surface area contributed by atoms with Gasteiger partial charge in [0, 0.05) is 24.2 Å². The molecule has 0 spiro atoms. The van der Waals surface area contributed by atoms with E-state index in [1.165, 1.54) is 24.8 Å². The van der Waals surface area contributed by atoms with E-state index in [1.54, 1.807) is 0 Å². The lowest BCUT2D eigenvalue weighted by Crippen LogP contribution is -2.43. The Hall–Kier alpha value is -1.35. The summed E-state index contributed by atoms with van der Waals surface area (Å²) in [6.45, 7) is 5.50. The first kappa shape index (κ1) is 13.1. The summed E-state index contributed by atoms with van der Waals surface area (Å²) in [5.41, 5.74) is 7.70. The molecule has 1 heterocycles. The summed E-state index contributed by atoms with van der Waals surface area (Å²) in [6.07, 6.45) is 3.87. The number of piperidine rings is 1. The lowest BCUT2D eigenvalue weighted by atomic mass is 9.96. The van der Waals surface area contributed by atoms with Crippen LogP contribution in [-0.2, 0) is 6.54 Å². The van der Waals surface area contributed by atoms with Crippen molar-refractivity contribution < 1.29 is 0 Å². The lowest BCUT2D eigenvalue weighted by Gasteiger charge is -2.39. The predicted molar refractivity (Wildman–Crippen MR) is 75.8 cm³/mol. The van der Waals surface area contributed by atoms with Crippen LogP contribution in [0.3, 0.4) is 0 Å². The van der Waals surface area contributed by atoms with Crippen LogP contribution in [0.5, 0.6) is 0 Å². The van der Waals surface area contributed by atoms with Crippen molar-refractivity contribution in [3.05, 3.63) is 35.4 Å². The van der Waals surface area contributed by atoms with Crippen LogP contribution in [0.4, 0.5) is 0 Å². The van der Waals surface area contributed by atoms with Crippen LogP contribution in [0.2, 0.25) is 0 Å². The fraction of sp³-hybridized carbons (Fsp3) is 0.533. The minimum absolute atomic E-state index is 0.169. The van der Waals surface area contributed by atoms with Crippen molar-refractivity contribution in [3.8, 4) is 0 Å². The van der Waals surface area contributed by atoms with Crippen LogP contribution in [0, 0.1) is 5.41 Å². The summed E-state index contributed by atoms with van der Waals surface area (Å²) in [5, 5.41) is 7.65. The van der Waals surface area contributed by atoms with Gasteiger partial charge in [-0.15, -0.1) is 0 Å². The topological polar surface area (TPSA) is 53.1 Å². The number of nitrogens with one attached hydrogen (secondary N) is 1. The Morgan fingerprint density at radius 2 is 1.89 bits per heavy atom. The van der Waals surface area contributed by atoms with E-state index in [4.69, 9.17) is 11.1 Å². The summed E-state index contributed by atoms with van der Waals surface area (Å²) >= 11 is 0. The number of hydrogen-bond donors (Lipinski definition) is 2. The molecule has 0 aliphatic carbocycles. The zero-order valence-electron chi connectivity index (χ0n) is 11.3. The van der Waals surface area contributed by atoms with E-state index in [9.17, 15) is 0 Å². The van der Waals surface area contributed by atoms with Crippen LogP contribution in [-0.4, -0.2) is 22.8 Å². The molecule has 1 saturated heterocycles. The van der Waals surface area contributed by atoms with Gasteiger partial charge in [-0.2, -0.15) is 0 Å². The number of hydrogen-bond acceptors (Lipinski definition) is 2. The molecule has 0 aromatic heterocycles. The SMILES string of the molecule is CC1CCCC(C)N1Cc1ccccc1C(=N)N. The van der Waals surface area contributed by atoms with Gasteiger partial charge in [-0.1, -0.05) is 30.7 Å². The molecule has 18 heavy (non-hydrogen) atoms. The maximum atomic E-state index is 7.65. The Bertz CT molecular complexity index is 418. The minimum atomic E-state index is 0.169. The number of nitrogen functional groups attached to an aromatic ring is 1. The van der Waals surface area contributed by atoms with E-state index >= 15 is 0 Å². The molecule has 0 radical (unpaired) electrons. The lowest BCUT2D eigenvalue weighted by molar-refractivity contribution is 0.0952. The molecule has 1 aliphatic rings. The van der Waals surface area contributed by atoms with Gasteiger partial charge in [-0.3, -0.25) is 10.3 Å². The van der Waals surface area contributed by atoms with E-state index < -0.39 is 0 Å². The number of likely N-dealkylation sites (tertiary alicyclic amines) is 1. The highest BCUT2D eigenvalue weighted by atomic mass is 15.2. The van der Waals surface area contributed by atoms with Crippen LogP contribution < -0.4 is 5.73 Å². The highest BCUT2D eigenvalue weighted by Gasteiger charge is 2.25. The molecule has 3 nitrogen and oxygen atoms in total. The summed E-state index contributed by atoms with van der Waals surface area (Å²) in [7, 11) is 0. The molecule has 1 aliphatic heterocycles. The van der Waals surface area contributed by atoms with Crippen LogP contribution >= 0.6 is 0 Å². The summed E-state index contributed by atoms with van der Waals surface area (Å²) < 4.78 is 0. The third-order valence-corrected chi connectivity index (χ3v) is 4.04. The average molecular weight is 245 g/mol. The molecular formula is C15H23N3. The number of rotatable bonds is 3. The zero-order valence-corrected chi connectivity index (χ0v) is 11.3. The molecule has 2 atom stereocenters. The fourth-order valence-electron chi connectivity index (χ4n) is 2.90. The standard InChI is InChI=1S/C15H23N3/c1-11-6-5-7-12(2)18(11)10-13-8-3-4-9-14(13)15(16)17/h3-4,8-9,11-12H,5-7,10H2,1-2H3,(H3,16,17). The second-order valence-electron chi connectivity index (χ2n) is 5.37. The Morgan fingerprint density at radius 1 is 1.28 bits per heavy atom. The molecule has 0 saturated carbocycles. The van der Waals surface area contributed by atoms with Gasteiger partial charge < -0.3 is 5.73 Å². The summed E-state index contributed by atoms with van der Waals surface area (Å²) in [5.74, 6) is 0.169. The maximum Gasteiger partial charge on any atom is 0.123 e. The Kier molecular flexibility index (Phi) is 4.02. The van der Waals surface area contributed by atoms with E-state index in [0.29, 0.717) is 12.1 Å². The van der Waals surface area contributed by atoms with Gasteiger partial charge in [-0.25, -0.2) is 0 Å². The van der Waals surface area contributed by atoms with Crippen LogP contribution in [0.1, 0.15) is 44.2 Å². The van der Waals surface area contributed by atoms with E-state index in [-0.39, 0.29) is 5.84 Å². The highest BCUT2D eigenvalue weighted by molar-refractivity contribution is 5.96. The van der Waals surface area contributed by atoms with Crippen molar-refractivity contribution in [1.29, 1.82) is 5.41 Å². The van der Waals surface area contributed by atoms with E-state index in [0.717, 1.165) is 12.1 Å². The molecular weight excluding hydrogens is 222 g/mol. The Labute approximate surface area is 109 Å². The molecule has 98 valence electrons. The number of benzene rings is 1. The number of nitrogens with two attached hydrogens (primary N) is 1. The van der Waals surface area contributed by atoms with Gasteiger partial charge in [0.1, 0.15) is 5.84 Å². The van der Waals surface area contributed by atoms with Crippen molar-refractivity contribution in [3.63, 3.8) is 0 Å². The molecule has 2 rings (SSSR count). The first-order chi connectivity index (χ1) is 8.59. The van der Waals surface area contributed by atoms with Gasteiger partial charge >= 0.3 is 0 Å². The quantitative estimate of drug-likeness (QED) is 0.635. The van der Waals surface area contributed by atoms with Crippen molar-refractivity contribution in [2.75, 3.05) is 0 Å². The Balaban J connectivity index is 2.20.